The summed E-state index contributed by atoms with van der Waals surface area (Å²) in [5.41, 5.74) is 8.84. The van der Waals surface area contributed by atoms with Crippen molar-refractivity contribution in [2.75, 3.05) is 5.73 Å². The fourth-order valence-corrected chi connectivity index (χ4v) is 3.81. The van der Waals surface area contributed by atoms with E-state index in [-0.39, 0.29) is 11.4 Å². The van der Waals surface area contributed by atoms with Gasteiger partial charge in [0.05, 0.1) is 35.0 Å². The van der Waals surface area contributed by atoms with Crippen molar-refractivity contribution in [1.29, 1.82) is 0 Å². The van der Waals surface area contributed by atoms with Crippen molar-refractivity contribution < 1.29 is 13.2 Å². The van der Waals surface area contributed by atoms with Gasteiger partial charge >= 0.3 is 0 Å². The predicted molar refractivity (Wildman–Crippen MR) is 110 cm³/mol. The smallest absolute Gasteiger partial charge is 0.256 e. The van der Waals surface area contributed by atoms with Crippen molar-refractivity contribution in [2.24, 2.45) is 5.41 Å². The average Bonchev–Trinajstić information content (AvgIpc) is 3.09. The van der Waals surface area contributed by atoms with Crippen LogP contribution in [-0.2, 0) is 13.0 Å². The van der Waals surface area contributed by atoms with Gasteiger partial charge in [-0.3, -0.25) is 0 Å². The SMILES string of the molecule is Cc1nc2ccc(-c3c(F)cn4nc(N)nc(CC(C)(C)C)c34)cc2n1CC(F)F. The Labute approximate surface area is 171 Å². The minimum Gasteiger partial charge on any atom is -0.367 e. The van der Waals surface area contributed by atoms with Crippen LogP contribution in [0, 0.1) is 18.2 Å². The number of hydrogen-bond acceptors (Lipinski definition) is 4. The molecule has 0 unspecified atom stereocenters. The second-order valence-electron chi connectivity index (χ2n) is 8.66. The second kappa shape index (κ2) is 7.00. The summed E-state index contributed by atoms with van der Waals surface area (Å²) in [5.74, 6) is 0.0552. The summed E-state index contributed by atoms with van der Waals surface area (Å²) in [4.78, 5) is 8.71. The molecule has 9 heteroatoms. The summed E-state index contributed by atoms with van der Waals surface area (Å²) in [6.45, 7) is 7.36. The molecule has 0 spiro atoms. The molecule has 2 N–H and O–H groups in total. The van der Waals surface area contributed by atoms with E-state index in [4.69, 9.17) is 5.73 Å². The van der Waals surface area contributed by atoms with E-state index in [1.54, 1.807) is 25.1 Å². The second-order valence-corrected chi connectivity index (χ2v) is 8.66. The molecule has 4 aromatic rings. The topological polar surface area (TPSA) is 74.0 Å². The Hall–Kier alpha value is -3.10. The van der Waals surface area contributed by atoms with E-state index in [0.29, 0.717) is 45.6 Å². The van der Waals surface area contributed by atoms with Crippen LogP contribution in [0.15, 0.2) is 24.4 Å². The Morgan fingerprint density at radius 3 is 2.57 bits per heavy atom. The Bertz CT molecular complexity index is 1250. The monoisotopic (exact) mass is 416 g/mol. The van der Waals surface area contributed by atoms with E-state index in [0.717, 1.165) is 0 Å². The molecule has 0 aliphatic heterocycles. The lowest BCUT2D eigenvalue weighted by Gasteiger charge is -2.18. The normalized spacial score (nSPS) is 12.5. The van der Waals surface area contributed by atoms with Gasteiger partial charge in [-0.2, -0.15) is 0 Å². The first kappa shape index (κ1) is 20.2. The van der Waals surface area contributed by atoms with Gasteiger partial charge in [0, 0.05) is 5.56 Å². The van der Waals surface area contributed by atoms with Crippen molar-refractivity contribution >= 4 is 22.5 Å². The first-order valence-corrected chi connectivity index (χ1v) is 9.62. The van der Waals surface area contributed by atoms with Crippen LogP contribution in [0.4, 0.5) is 19.1 Å². The molecule has 30 heavy (non-hydrogen) atoms. The number of anilines is 1. The number of nitrogens with zero attached hydrogens (tertiary/aromatic N) is 5. The fourth-order valence-electron chi connectivity index (χ4n) is 3.81. The molecule has 0 amide bonds. The van der Waals surface area contributed by atoms with E-state index in [1.165, 1.54) is 15.3 Å². The Morgan fingerprint density at radius 1 is 1.17 bits per heavy atom. The standard InChI is InChI=1S/C21H23F3N6/c1-11-26-14-6-5-12(7-16(14)29(11)10-17(23)24)18-13(22)9-30-19(18)15(8-21(2,3)4)27-20(25)28-30/h5-7,9,17H,8,10H2,1-4H3,(H2,25,28). The van der Waals surface area contributed by atoms with Crippen LogP contribution in [0.2, 0.25) is 0 Å². The molecule has 0 bridgehead atoms. The number of nitrogens with two attached hydrogens (primary N) is 1. The zero-order valence-corrected chi connectivity index (χ0v) is 17.2. The van der Waals surface area contributed by atoms with Gasteiger partial charge in [0.15, 0.2) is 5.82 Å². The fraction of sp³-hybridized carbons (Fsp3) is 0.381. The number of aromatic nitrogens is 5. The average molecular weight is 416 g/mol. The molecule has 6 nitrogen and oxygen atoms in total. The third-order valence-electron chi connectivity index (χ3n) is 4.92. The maximum Gasteiger partial charge on any atom is 0.256 e. The van der Waals surface area contributed by atoms with Gasteiger partial charge in [-0.15, -0.1) is 5.10 Å². The molecular weight excluding hydrogens is 393 g/mol. The van der Waals surface area contributed by atoms with Crippen LogP contribution in [0.5, 0.6) is 0 Å². The summed E-state index contributed by atoms with van der Waals surface area (Å²) in [7, 11) is 0. The summed E-state index contributed by atoms with van der Waals surface area (Å²) in [6.07, 6.45) is -0.697. The van der Waals surface area contributed by atoms with Gasteiger partial charge in [0.2, 0.25) is 5.95 Å². The maximum absolute atomic E-state index is 15.1. The summed E-state index contributed by atoms with van der Waals surface area (Å²) >= 11 is 0. The number of nitrogen functional groups attached to an aromatic ring is 1. The number of fused-ring (bicyclic) bond motifs is 2. The van der Waals surface area contributed by atoms with Gasteiger partial charge in [0.25, 0.3) is 6.43 Å². The highest BCUT2D eigenvalue weighted by Crippen LogP contribution is 2.35. The zero-order chi connectivity index (χ0) is 21.8. The van der Waals surface area contributed by atoms with Crippen molar-refractivity contribution in [3.05, 3.63) is 41.7 Å². The molecule has 0 saturated carbocycles. The lowest BCUT2D eigenvalue weighted by Crippen LogP contribution is -2.14. The Kier molecular flexibility index (Phi) is 4.71. The van der Waals surface area contributed by atoms with Crippen LogP contribution < -0.4 is 5.73 Å². The number of rotatable bonds is 4. The van der Waals surface area contributed by atoms with Gasteiger partial charge in [-0.1, -0.05) is 26.8 Å². The molecule has 3 heterocycles. The predicted octanol–water partition coefficient (Wildman–Crippen LogP) is 4.63. The third kappa shape index (κ3) is 3.59. The van der Waals surface area contributed by atoms with Crippen LogP contribution in [-0.4, -0.2) is 30.6 Å². The number of alkyl halides is 2. The molecule has 0 saturated heterocycles. The number of aryl methyl sites for hydroxylation is 1. The molecule has 3 aromatic heterocycles. The van der Waals surface area contributed by atoms with Crippen molar-refractivity contribution in [2.45, 2.75) is 47.1 Å². The van der Waals surface area contributed by atoms with Crippen LogP contribution >= 0.6 is 0 Å². The van der Waals surface area contributed by atoms with E-state index in [9.17, 15) is 8.78 Å². The van der Waals surface area contributed by atoms with E-state index >= 15 is 4.39 Å². The highest BCUT2D eigenvalue weighted by Gasteiger charge is 2.23. The minimum atomic E-state index is -2.52. The molecule has 1 aromatic carbocycles. The molecule has 0 aliphatic rings. The Balaban J connectivity index is 1.97. The van der Waals surface area contributed by atoms with Gasteiger partial charge in [-0.25, -0.2) is 27.7 Å². The van der Waals surface area contributed by atoms with Crippen LogP contribution in [0.1, 0.15) is 32.3 Å². The molecule has 4 rings (SSSR count). The van der Waals surface area contributed by atoms with Crippen molar-refractivity contribution in [3.8, 4) is 11.1 Å². The largest absolute Gasteiger partial charge is 0.367 e. The molecular formula is C21H23F3N6. The molecule has 0 radical (unpaired) electrons. The molecule has 0 fully saturated rings. The van der Waals surface area contributed by atoms with E-state index in [2.05, 4.69) is 35.8 Å². The van der Waals surface area contributed by atoms with Crippen molar-refractivity contribution in [1.82, 2.24) is 24.1 Å². The highest BCUT2D eigenvalue weighted by molar-refractivity contribution is 5.89. The van der Waals surface area contributed by atoms with Crippen LogP contribution in [0.3, 0.4) is 0 Å². The number of hydrogen-bond donors (Lipinski definition) is 1. The maximum atomic E-state index is 15.1. The highest BCUT2D eigenvalue weighted by atomic mass is 19.3. The Morgan fingerprint density at radius 2 is 1.90 bits per heavy atom. The first-order valence-electron chi connectivity index (χ1n) is 9.62. The molecule has 0 atom stereocenters. The van der Waals surface area contributed by atoms with E-state index in [1.807, 2.05) is 0 Å². The van der Waals surface area contributed by atoms with E-state index < -0.39 is 18.8 Å². The summed E-state index contributed by atoms with van der Waals surface area (Å²) in [5, 5.41) is 4.12. The third-order valence-corrected chi connectivity index (χ3v) is 4.92. The van der Waals surface area contributed by atoms with Gasteiger partial charge in [-0.05, 0) is 36.5 Å². The zero-order valence-electron chi connectivity index (χ0n) is 17.2. The lowest BCUT2D eigenvalue weighted by atomic mass is 9.89. The number of benzene rings is 1. The number of halogens is 3. The van der Waals surface area contributed by atoms with Crippen molar-refractivity contribution in [3.63, 3.8) is 0 Å². The lowest BCUT2D eigenvalue weighted by molar-refractivity contribution is 0.127. The summed E-state index contributed by atoms with van der Waals surface area (Å²) < 4.78 is 44.1. The number of imidazole rings is 1. The molecule has 0 aliphatic carbocycles. The van der Waals surface area contributed by atoms with Gasteiger partial charge < -0.3 is 10.3 Å². The minimum absolute atomic E-state index is 0.0596. The van der Waals surface area contributed by atoms with Crippen LogP contribution in [0.25, 0.3) is 27.7 Å². The summed E-state index contributed by atoms with van der Waals surface area (Å²) in [6, 6.07) is 5.13. The first-order chi connectivity index (χ1) is 14.0. The quantitative estimate of drug-likeness (QED) is 0.526. The molecule has 158 valence electrons. The van der Waals surface area contributed by atoms with Gasteiger partial charge in [0.1, 0.15) is 5.82 Å².